The molecule has 0 spiro atoms. The summed E-state index contributed by atoms with van der Waals surface area (Å²) in [7, 11) is 1.24. The molecule has 0 N–H and O–H groups in total. The third kappa shape index (κ3) is 2.65. The van der Waals surface area contributed by atoms with Crippen LogP contribution in [-0.4, -0.2) is 24.6 Å². The molecule has 1 aromatic rings. The van der Waals surface area contributed by atoms with Crippen LogP contribution in [0.5, 0.6) is 5.75 Å². The lowest BCUT2D eigenvalue weighted by Crippen LogP contribution is -2.07. The van der Waals surface area contributed by atoms with Crippen LogP contribution in [0, 0.1) is 10.1 Å². The summed E-state index contributed by atoms with van der Waals surface area (Å²) in [6.07, 6.45) is 0. The topological polar surface area (TPSA) is 78.7 Å². The molecule has 0 aliphatic carbocycles. The molecule has 6 nitrogen and oxygen atoms in total. The van der Waals surface area contributed by atoms with Gasteiger partial charge in [-0.15, -0.1) is 0 Å². The van der Waals surface area contributed by atoms with E-state index in [-0.39, 0.29) is 28.6 Å². The molecule has 0 atom stereocenters. The van der Waals surface area contributed by atoms with E-state index in [9.17, 15) is 14.9 Å². The van der Waals surface area contributed by atoms with Gasteiger partial charge < -0.3 is 9.47 Å². The van der Waals surface area contributed by atoms with E-state index in [2.05, 4.69) is 0 Å². The molecule has 0 unspecified atom stereocenters. The second-order valence-corrected chi connectivity index (χ2v) is 3.34. The first-order valence-corrected chi connectivity index (χ1v) is 5.08. The fraction of sp³-hybridized carbons (Fsp3) is 0.300. The number of carbonyl (C=O) groups excluding carboxylic acids is 1. The van der Waals surface area contributed by atoms with Crippen LogP contribution in [-0.2, 0) is 4.74 Å². The predicted octanol–water partition coefficient (Wildman–Crippen LogP) is 2.43. The zero-order chi connectivity index (χ0) is 13.0. The lowest BCUT2D eigenvalue weighted by Gasteiger charge is -2.08. The monoisotopic (exact) mass is 259 g/mol. The number of halogens is 1. The summed E-state index contributed by atoms with van der Waals surface area (Å²) in [6.45, 7) is 1.84. The Balaban J connectivity index is 3.29. The Kier molecular flexibility index (Phi) is 4.28. The van der Waals surface area contributed by atoms with Gasteiger partial charge in [0.15, 0.2) is 0 Å². The summed E-state index contributed by atoms with van der Waals surface area (Å²) < 4.78 is 9.58. The lowest BCUT2D eigenvalue weighted by molar-refractivity contribution is -0.385. The largest absolute Gasteiger partial charge is 0.489 e. The molecule has 0 fully saturated rings. The quantitative estimate of drug-likeness (QED) is 0.471. The lowest BCUT2D eigenvalue weighted by atomic mass is 10.2. The number of hydrogen-bond donors (Lipinski definition) is 0. The number of nitro benzene ring substituents is 1. The summed E-state index contributed by atoms with van der Waals surface area (Å²) in [6, 6.07) is 2.39. The molecule has 0 saturated heterocycles. The number of benzene rings is 1. The summed E-state index contributed by atoms with van der Waals surface area (Å²) in [5.41, 5.74) is -0.262. The number of esters is 1. The zero-order valence-electron chi connectivity index (χ0n) is 9.23. The number of nitrogens with zero attached hydrogens (tertiary/aromatic N) is 1. The van der Waals surface area contributed by atoms with Crippen molar-refractivity contribution in [1.82, 2.24) is 0 Å². The Morgan fingerprint density at radius 2 is 2.18 bits per heavy atom. The van der Waals surface area contributed by atoms with Crippen LogP contribution >= 0.6 is 11.6 Å². The molecule has 1 rings (SSSR count). The first-order chi connectivity index (χ1) is 8.02. The molecule has 0 heterocycles. The molecular formula is C10H10ClNO5. The van der Waals surface area contributed by atoms with E-state index in [0.717, 1.165) is 6.07 Å². The second kappa shape index (κ2) is 5.49. The van der Waals surface area contributed by atoms with Gasteiger partial charge in [0, 0.05) is 6.07 Å². The molecular weight excluding hydrogens is 250 g/mol. The molecule has 0 aromatic heterocycles. The number of rotatable bonds is 4. The molecule has 0 aliphatic heterocycles. The van der Waals surface area contributed by atoms with Crippen molar-refractivity contribution >= 4 is 23.3 Å². The summed E-state index contributed by atoms with van der Waals surface area (Å²) in [5.74, 6) is -0.798. The summed E-state index contributed by atoms with van der Waals surface area (Å²) in [4.78, 5) is 21.5. The van der Waals surface area contributed by atoms with E-state index < -0.39 is 10.9 Å². The molecule has 1 aromatic carbocycles. The highest BCUT2D eigenvalue weighted by Crippen LogP contribution is 2.37. The summed E-state index contributed by atoms with van der Waals surface area (Å²) >= 11 is 5.86. The Labute approximate surface area is 102 Å². The van der Waals surface area contributed by atoms with Gasteiger partial charge in [-0.05, 0) is 13.0 Å². The van der Waals surface area contributed by atoms with E-state index in [1.54, 1.807) is 6.92 Å². The highest BCUT2D eigenvalue weighted by molar-refractivity contribution is 6.35. The van der Waals surface area contributed by atoms with E-state index in [1.165, 1.54) is 13.2 Å². The van der Waals surface area contributed by atoms with Crippen molar-refractivity contribution in [1.29, 1.82) is 0 Å². The van der Waals surface area contributed by atoms with Crippen LogP contribution in [0.1, 0.15) is 17.3 Å². The van der Waals surface area contributed by atoms with Gasteiger partial charge in [-0.2, -0.15) is 0 Å². The first-order valence-electron chi connectivity index (χ1n) is 4.70. The van der Waals surface area contributed by atoms with Gasteiger partial charge in [0.05, 0.1) is 24.2 Å². The van der Waals surface area contributed by atoms with Gasteiger partial charge in [-0.1, -0.05) is 11.6 Å². The van der Waals surface area contributed by atoms with Crippen molar-refractivity contribution in [3.05, 3.63) is 32.8 Å². The molecule has 17 heavy (non-hydrogen) atoms. The maximum Gasteiger partial charge on any atom is 0.339 e. The van der Waals surface area contributed by atoms with Gasteiger partial charge >= 0.3 is 11.7 Å². The van der Waals surface area contributed by atoms with Crippen molar-refractivity contribution in [3.8, 4) is 5.75 Å². The number of carbonyl (C=O) groups is 1. The van der Waals surface area contributed by atoms with E-state index >= 15 is 0 Å². The standard InChI is InChI=1S/C10H10ClNO5/c1-3-17-10(13)6-4-5-7(12(14)15)9(16-2)8(6)11/h4-5H,3H2,1-2H3. The van der Waals surface area contributed by atoms with Crippen molar-refractivity contribution in [2.75, 3.05) is 13.7 Å². The third-order valence-electron chi connectivity index (χ3n) is 1.97. The minimum absolute atomic E-state index is 0.0379. The fourth-order valence-electron chi connectivity index (χ4n) is 1.25. The molecule has 7 heteroatoms. The Hall–Kier alpha value is -1.82. The number of ether oxygens (including phenoxy) is 2. The number of nitro groups is 1. The van der Waals surface area contributed by atoms with Crippen LogP contribution in [0.4, 0.5) is 5.69 Å². The average molecular weight is 260 g/mol. The van der Waals surface area contributed by atoms with Gasteiger partial charge in [-0.25, -0.2) is 4.79 Å². The van der Waals surface area contributed by atoms with Gasteiger partial charge in [0.25, 0.3) is 0 Å². The third-order valence-corrected chi connectivity index (χ3v) is 2.35. The van der Waals surface area contributed by atoms with Crippen LogP contribution in [0.25, 0.3) is 0 Å². The average Bonchev–Trinajstić information content (AvgIpc) is 2.28. The van der Waals surface area contributed by atoms with E-state index in [4.69, 9.17) is 21.1 Å². The Morgan fingerprint density at radius 1 is 1.53 bits per heavy atom. The first kappa shape index (κ1) is 13.2. The Morgan fingerprint density at radius 3 is 2.65 bits per heavy atom. The van der Waals surface area contributed by atoms with Crippen molar-refractivity contribution < 1.29 is 19.2 Å². The molecule has 0 bridgehead atoms. The van der Waals surface area contributed by atoms with Crippen molar-refractivity contribution in [2.45, 2.75) is 6.92 Å². The fourth-order valence-corrected chi connectivity index (χ4v) is 1.56. The summed E-state index contributed by atoms with van der Waals surface area (Å²) in [5, 5.41) is 10.6. The van der Waals surface area contributed by atoms with Crippen LogP contribution in [0.15, 0.2) is 12.1 Å². The predicted molar refractivity (Wildman–Crippen MR) is 60.6 cm³/mol. The van der Waals surface area contributed by atoms with Crippen molar-refractivity contribution in [3.63, 3.8) is 0 Å². The minimum Gasteiger partial charge on any atom is -0.489 e. The van der Waals surface area contributed by atoms with Gasteiger partial charge in [0.1, 0.15) is 5.02 Å². The highest BCUT2D eigenvalue weighted by Gasteiger charge is 2.24. The smallest absolute Gasteiger partial charge is 0.339 e. The number of methoxy groups -OCH3 is 1. The van der Waals surface area contributed by atoms with Crippen molar-refractivity contribution in [2.24, 2.45) is 0 Å². The minimum atomic E-state index is -0.648. The highest BCUT2D eigenvalue weighted by atomic mass is 35.5. The second-order valence-electron chi connectivity index (χ2n) is 2.96. The maximum absolute atomic E-state index is 11.5. The van der Waals surface area contributed by atoms with Gasteiger partial charge in [0.2, 0.25) is 5.75 Å². The molecule has 92 valence electrons. The van der Waals surface area contributed by atoms with Crippen LogP contribution in [0.3, 0.4) is 0 Å². The van der Waals surface area contributed by atoms with Crippen LogP contribution in [0.2, 0.25) is 5.02 Å². The maximum atomic E-state index is 11.5. The van der Waals surface area contributed by atoms with E-state index in [1.807, 2.05) is 0 Å². The normalized spacial score (nSPS) is 9.82. The molecule has 0 aliphatic rings. The van der Waals surface area contributed by atoms with E-state index in [0.29, 0.717) is 0 Å². The molecule has 0 saturated carbocycles. The van der Waals surface area contributed by atoms with Crippen LogP contribution < -0.4 is 4.74 Å². The Bertz CT molecular complexity index is 460. The zero-order valence-corrected chi connectivity index (χ0v) is 9.98. The molecule has 0 amide bonds. The molecule has 0 radical (unpaired) electrons. The number of hydrogen-bond acceptors (Lipinski definition) is 5. The SMILES string of the molecule is CCOC(=O)c1ccc([N+](=O)[O-])c(OC)c1Cl. The van der Waals surface area contributed by atoms with Gasteiger partial charge in [-0.3, -0.25) is 10.1 Å².